The lowest BCUT2D eigenvalue weighted by Crippen LogP contribution is -2.52. The number of para-hydroxylation sites is 2. The van der Waals surface area contributed by atoms with Gasteiger partial charge in [0.05, 0.1) is 17.1 Å². The Bertz CT molecular complexity index is 1410. The summed E-state index contributed by atoms with van der Waals surface area (Å²) in [5.74, 6) is 0.174. The van der Waals surface area contributed by atoms with Crippen LogP contribution >= 0.6 is 0 Å². The Morgan fingerprint density at radius 2 is 1.62 bits per heavy atom. The van der Waals surface area contributed by atoms with E-state index in [4.69, 9.17) is 9.47 Å². The molecule has 2 heterocycles. The van der Waals surface area contributed by atoms with Gasteiger partial charge in [-0.05, 0) is 61.2 Å². The van der Waals surface area contributed by atoms with Crippen LogP contribution in [0.2, 0.25) is 0 Å². The minimum atomic E-state index is -3.52. The molecule has 2 amide bonds. The van der Waals surface area contributed by atoms with E-state index in [1.165, 1.54) is 21.3 Å². The number of anilines is 1. The number of carbonyl (C=O) groups is 2. The van der Waals surface area contributed by atoms with Crippen molar-refractivity contribution in [3.05, 3.63) is 84.4 Å². The predicted octanol–water partition coefficient (Wildman–Crippen LogP) is 3.00. The van der Waals surface area contributed by atoms with Gasteiger partial charge in [0.1, 0.15) is 11.5 Å². The predicted molar refractivity (Wildman–Crippen MR) is 146 cm³/mol. The summed E-state index contributed by atoms with van der Waals surface area (Å²) in [6, 6.07) is 23.0. The average Bonchev–Trinajstić information content (AvgIpc) is 3.52. The highest BCUT2D eigenvalue weighted by Crippen LogP contribution is 2.33. The average molecular weight is 550 g/mol. The Morgan fingerprint density at radius 1 is 0.923 bits per heavy atom. The fourth-order valence-corrected chi connectivity index (χ4v) is 6.22. The maximum absolute atomic E-state index is 13.2. The maximum atomic E-state index is 13.2. The van der Waals surface area contributed by atoms with Crippen LogP contribution in [0.25, 0.3) is 0 Å². The van der Waals surface area contributed by atoms with Crippen molar-refractivity contribution in [2.45, 2.75) is 30.3 Å². The lowest BCUT2D eigenvalue weighted by atomic mass is 10.1. The first-order valence-electron chi connectivity index (χ1n) is 13.0. The van der Waals surface area contributed by atoms with Crippen LogP contribution in [-0.4, -0.2) is 63.4 Å². The SMILES string of the molecule is O=C(NCCc1ccccc1)[C@H]1CN(C(=O)COc2ccc(S(=O)(=O)N3CCCC3)cc2)c2ccccc2O1. The number of hydrogen-bond donors (Lipinski definition) is 1. The molecule has 0 aliphatic carbocycles. The number of amides is 2. The topological polar surface area (TPSA) is 105 Å². The van der Waals surface area contributed by atoms with Crippen LogP contribution in [0.3, 0.4) is 0 Å². The van der Waals surface area contributed by atoms with Gasteiger partial charge in [0.15, 0.2) is 12.7 Å². The number of benzene rings is 3. The summed E-state index contributed by atoms with van der Waals surface area (Å²) in [4.78, 5) is 27.8. The number of hydrogen-bond acceptors (Lipinski definition) is 6. The summed E-state index contributed by atoms with van der Waals surface area (Å²) in [5.41, 5.74) is 1.68. The first-order chi connectivity index (χ1) is 18.9. The zero-order chi connectivity index (χ0) is 27.2. The van der Waals surface area contributed by atoms with Gasteiger partial charge in [-0.1, -0.05) is 42.5 Å². The Hall–Kier alpha value is -3.89. The standard InChI is InChI=1S/C29H31N3O6S/c33-28(21-37-23-12-14-24(15-13-23)39(35,36)31-18-6-7-19-31)32-20-27(38-26-11-5-4-10-25(26)32)29(34)30-17-16-22-8-2-1-3-9-22/h1-5,8-15,27H,6-7,16-21H2,(H,30,34)/t27-/m1/s1. The highest BCUT2D eigenvalue weighted by Gasteiger charge is 2.34. The Kier molecular flexibility index (Phi) is 8.13. The molecule has 1 atom stereocenters. The number of rotatable bonds is 9. The number of carbonyl (C=O) groups excluding carboxylic acids is 2. The smallest absolute Gasteiger partial charge is 0.265 e. The van der Waals surface area contributed by atoms with E-state index in [0.29, 0.717) is 43.2 Å². The Morgan fingerprint density at radius 3 is 2.36 bits per heavy atom. The normalized spacial score (nSPS) is 17.2. The molecule has 0 radical (unpaired) electrons. The second-order valence-corrected chi connectivity index (χ2v) is 11.4. The molecule has 0 saturated carbocycles. The molecule has 0 unspecified atom stereocenters. The van der Waals surface area contributed by atoms with E-state index in [2.05, 4.69) is 5.32 Å². The van der Waals surface area contributed by atoms with E-state index in [0.717, 1.165) is 18.4 Å². The fraction of sp³-hybridized carbons (Fsp3) is 0.310. The molecule has 1 N–H and O–H groups in total. The van der Waals surface area contributed by atoms with Crippen LogP contribution in [0.15, 0.2) is 83.8 Å². The quantitative estimate of drug-likeness (QED) is 0.440. The molecule has 39 heavy (non-hydrogen) atoms. The Labute approximate surface area is 228 Å². The third-order valence-electron chi connectivity index (χ3n) is 6.81. The molecule has 0 spiro atoms. The van der Waals surface area contributed by atoms with Crippen molar-refractivity contribution in [1.29, 1.82) is 0 Å². The summed E-state index contributed by atoms with van der Waals surface area (Å²) < 4.78 is 38.6. The van der Waals surface area contributed by atoms with Crippen LogP contribution in [0.1, 0.15) is 18.4 Å². The summed E-state index contributed by atoms with van der Waals surface area (Å²) in [5, 5.41) is 2.90. The molecule has 3 aromatic rings. The number of ether oxygens (including phenoxy) is 2. The van der Waals surface area contributed by atoms with Crippen molar-refractivity contribution in [2.75, 3.05) is 37.7 Å². The van der Waals surface area contributed by atoms with Crippen molar-refractivity contribution in [3.63, 3.8) is 0 Å². The molecule has 3 aromatic carbocycles. The van der Waals surface area contributed by atoms with E-state index < -0.39 is 16.1 Å². The monoisotopic (exact) mass is 549 g/mol. The molecule has 1 saturated heterocycles. The van der Waals surface area contributed by atoms with Crippen LogP contribution in [-0.2, 0) is 26.0 Å². The van der Waals surface area contributed by atoms with Gasteiger partial charge in [-0.3, -0.25) is 9.59 Å². The zero-order valence-electron chi connectivity index (χ0n) is 21.5. The summed E-state index contributed by atoms with van der Waals surface area (Å²) in [6.07, 6.45) is 1.55. The van der Waals surface area contributed by atoms with Gasteiger partial charge in [-0.2, -0.15) is 4.31 Å². The molecule has 2 aliphatic heterocycles. The fourth-order valence-electron chi connectivity index (χ4n) is 4.70. The number of nitrogens with one attached hydrogen (secondary N) is 1. The maximum Gasteiger partial charge on any atom is 0.265 e. The highest BCUT2D eigenvalue weighted by atomic mass is 32.2. The van der Waals surface area contributed by atoms with Crippen molar-refractivity contribution in [1.82, 2.24) is 9.62 Å². The molecule has 10 heteroatoms. The number of nitrogens with zero attached hydrogens (tertiary/aromatic N) is 2. The molecule has 1 fully saturated rings. The van der Waals surface area contributed by atoms with Crippen LogP contribution in [0.5, 0.6) is 11.5 Å². The molecule has 5 rings (SSSR count). The van der Waals surface area contributed by atoms with E-state index in [9.17, 15) is 18.0 Å². The highest BCUT2D eigenvalue weighted by molar-refractivity contribution is 7.89. The van der Waals surface area contributed by atoms with Crippen LogP contribution < -0.4 is 19.7 Å². The summed E-state index contributed by atoms with van der Waals surface area (Å²) >= 11 is 0. The van der Waals surface area contributed by atoms with Crippen molar-refractivity contribution in [2.24, 2.45) is 0 Å². The minimum absolute atomic E-state index is 0.0450. The number of fused-ring (bicyclic) bond motifs is 1. The molecule has 9 nitrogen and oxygen atoms in total. The van der Waals surface area contributed by atoms with Crippen LogP contribution in [0, 0.1) is 0 Å². The molecule has 0 bridgehead atoms. The van der Waals surface area contributed by atoms with Gasteiger partial charge < -0.3 is 19.7 Å². The molecular formula is C29H31N3O6S. The van der Waals surface area contributed by atoms with Gasteiger partial charge in [0.25, 0.3) is 11.8 Å². The van der Waals surface area contributed by atoms with Crippen molar-refractivity contribution < 1.29 is 27.5 Å². The minimum Gasteiger partial charge on any atom is -0.484 e. The first-order valence-corrected chi connectivity index (χ1v) is 14.5. The summed E-state index contributed by atoms with van der Waals surface area (Å²) in [7, 11) is -3.52. The van der Waals surface area contributed by atoms with Crippen molar-refractivity contribution in [3.8, 4) is 11.5 Å². The molecule has 204 valence electrons. The van der Waals surface area contributed by atoms with E-state index >= 15 is 0 Å². The second-order valence-electron chi connectivity index (χ2n) is 9.48. The lowest BCUT2D eigenvalue weighted by molar-refractivity contribution is -0.128. The lowest BCUT2D eigenvalue weighted by Gasteiger charge is -2.34. The van der Waals surface area contributed by atoms with E-state index in [-0.39, 0.29) is 29.9 Å². The third-order valence-corrected chi connectivity index (χ3v) is 8.72. The van der Waals surface area contributed by atoms with Crippen molar-refractivity contribution >= 4 is 27.5 Å². The Balaban J connectivity index is 1.20. The van der Waals surface area contributed by atoms with Gasteiger partial charge in [-0.15, -0.1) is 0 Å². The van der Waals surface area contributed by atoms with Gasteiger partial charge >= 0.3 is 0 Å². The summed E-state index contributed by atoms with van der Waals surface area (Å²) in [6.45, 7) is 1.27. The number of sulfonamides is 1. The van der Waals surface area contributed by atoms with Gasteiger partial charge in [-0.25, -0.2) is 8.42 Å². The van der Waals surface area contributed by atoms with Gasteiger partial charge in [0, 0.05) is 19.6 Å². The van der Waals surface area contributed by atoms with E-state index in [1.807, 2.05) is 30.3 Å². The second kappa shape index (κ2) is 11.9. The third kappa shape index (κ3) is 6.23. The molecule has 0 aromatic heterocycles. The van der Waals surface area contributed by atoms with Gasteiger partial charge in [0.2, 0.25) is 10.0 Å². The largest absolute Gasteiger partial charge is 0.484 e. The van der Waals surface area contributed by atoms with Crippen LogP contribution in [0.4, 0.5) is 5.69 Å². The zero-order valence-corrected chi connectivity index (χ0v) is 22.3. The molecular weight excluding hydrogens is 518 g/mol. The first kappa shape index (κ1) is 26.7. The molecule has 2 aliphatic rings. The van der Waals surface area contributed by atoms with E-state index in [1.54, 1.807) is 36.4 Å².